The first-order valence-corrected chi connectivity index (χ1v) is 13.0. The molecule has 36 heavy (non-hydrogen) atoms. The lowest BCUT2D eigenvalue weighted by atomic mass is 9.98. The van der Waals surface area contributed by atoms with E-state index in [1.165, 1.54) is 19.3 Å². The second kappa shape index (κ2) is 11.4. The molecule has 188 valence electrons. The van der Waals surface area contributed by atoms with Gasteiger partial charge in [-0.1, -0.05) is 6.07 Å². The molecule has 0 atom stereocenters. The summed E-state index contributed by atoms with van der Waals surface area (Å²) in [7, 11) is 0. The molecular formula is C28H34N6O2. The van der Waals surface area contributed by atoms with Crippen LogP contribution in [0.1, 0.15) is 42.5 Å². The average Bonchev–Trinajstić information content (AvgIpc) is 2.94. The third kappa shape index (κ3) is 5.94. The number of nitrogens with zero attached hydrogens (tertiary/aromatic N) is 2. The summed E-state index contributed by atoms with van der Waals surface area (Å²) >= 11 is 0. The van der Waals surface area contributed by atoms with Crippen LogP contribution in [0.5, 0.6) is 0 Å². The van der Waals surface area contributed by atoms with E-state index in [9.17, 15) is 9.59 Å². The molecule has 1 amide bonds. The van der Waals surface area contributed by atoms with Crippen molar-refractivity contribution in [2.75, 3.05) is 48.3 Å². The topological polar surface area (TPSA) is 102 Å². The van der Waals surface area contributed by atoms with Crippen molar-refractivity contribution in [3.05, 3.63) is 70.6 Å². The maximum absolute atomic E-state index is 12.9. The molecule has 0 saturated carbocycles. The predicted molar refractivity (Wildman–Crippen MR) is 145 cm³/mol. The van der Waals surface area contributed by atoms with Gasteiger partial charge in [-0.15, -0.1) is 0 Å². The zero-order chi connectivity index (χ0) is 24.7. The fourth-order valence-corrected chi connectivity index (χ4v) is 4.92. The summed E-state index contributed by atoms with van der Waals surface area (Å²) in [5.41, 5.74) is 2.96. The van der Waals surface area contributed by atoms with Crippen molar-refractivity contribution < 1.29 is 4.79 Å². The van der Waals surface area contributed by atoms with Gasteiger partial charge in [-0.3, -0.25) is 9.59 Å². The van der Waals surface area contributed by atoms with E-state index in [1.54, 1.807) is 12.3 Å². The Morgan fingerprint density at radius 3 is 2.58 bits per heavy atom. The van der Waals surface area contributed by atoms with Crippen molar-refractivity contribution >= 4 is 23.1 Å². The largest absolute Gasteiger partial charge is 0.372 e. The minimum Gasteiger partial charge on any atom is -0.372 e. The number of H-pyrrole nitrogens is 1. The lowest BCUT2D eigenvalue weighted by molar-refractivity contribution is 0.102. The number of aromatic amines is 1. The number of amides is 1. The highest BCUT2D eigenvalue weighted by molar-refractivity contribution is 6.04. The van der Waals surface area contributed by atoms with Crippen LogP contribution in [0.15, 0.2) is 59.5 Å². The molecule has 0 spiro atoms. The van der Waals surface area contributed by atoms with Gasteiger partial charge in [-0.2, -0.15) is 0 Å². The van der Waals surface area contributed by atoms with Gasteiger partial charge in [-0.05, 0) is 93.6 Å². The zero-order valence-electron chi connectivity index (χ0n) is 20.6. The quantitative estimate of drug-likeness (QED) is 0.401. The SMILES string of the molecule is O=C(Nc1cc(-c2cccc(NCC3CCNCC3)n2)c[nH]c1=O)c1ccc(N2CCCCC2)cc1. The number of rotatable bonds is 7. The third-order valence-corrected chi connectivity index (χ3v) is 7.08. The Hall–Kier alpha value is -3.65. The Morgan fingerprint density at radius 2 is 1.81 bits per heavy atom. The summed E-state index contributed by atoms with van der Waals surface area (Å²) < 4.78 is 0. The van der Waals surface area contributed by atoms with Gasteiger partial charge >= 0.3 is 0 Å². The number of piperidine rings is 2. The van der Waals surface area contributed by atoms with E-state index in [4.69, 9.17) is 4.98 Å². The van der Waals surface area contributed by atoms with Crippen LogP contribution < -0.4 is 26.4 Å². The summed E-state index contributed by atoms with van der Waals surface area (Å²) in [6.45, 7) is 5.12. The average molecular weight is 487 g/mol. The summed E-state index contributed by atoms with van der Waals surface area (Å²) in [4.78, 5) is 35.2. The Morgan fingerprint density at radius 1 is 1.03 bits per heavy atom. The molecule has 4 heterocycles. The molecule has 8 nitrogen and oxygen atoms in total. The maximum Gasteiger partial charge on any atom is 0.271 e. The molecule has 0 aliphatic carbocycles. The Balaban J connectivity index is 1.26. The predicted octanol–water partition coefficient (Wildman–Crippen LogP) is 4.09. The Bertz CT molecular complexity index is 1230. The summed E-state index contributed by atoms with van der Waals surface area (Å²) in [5.74, 6) is 1.13. The normalized spacial score (nSPS) is 16.5. The number of hydrogen-bond acceptors (Lipinski definition) is 6. The smallest absolute Gasteiger partial charge is 0.271 e. The van der Waals surface area contributed by atoms with Crippen molar-refractivity contribution in [1.29, 1.82) is 0 Å². The van der Waals surface area contributed by atoms with Gasteiger partial charge in [0.1, 0.15) is 11.5 Å². The number of carbonyl (C=O) groups is 1. The van der Waals surface area contributed by atoms with E-state index in [0.717, 1.165) is 68.3 Å². The van der Waals surface area contributed by atoms with Crippen LogP contribution in [0.25, 0.3) is 11.3 Å². The number of hydrogen-bond donors (Lipinski definition) is 4. The van der Waals surface area contributed by atoms with Crippen molar-refractivity contribution in [2.45, 2.75) is 32.1 Å². The van der Waals surface area contributed by atoms with E-state index in [2.05, 4.69) is 25.8 Å². The van der Waals surface area contributed by atoms with Crippen LogP contribution >= 0.6 is 0 Å². The summed E-state index contributed by atoms with van der Waals surface area (Å²) in [6, 6.07) is 15.1. The van der Waals surface area contributed by atoms with Crippen LogP contribution in [0, 0.1) is 5.92 Å². The van der Waals surface area contributed by atoms with Crippen molar-refractivity contribution in [3.8, 4) is 11.3 Å². The maximum atomic E-state index is 12.9. The Labute approximate surface area is 211 Å². The standard InChI is InChI=1S/C28H34N6O2/c35-27(21-7-9-23(10-8-21)34-15-2-1-3-16-34)33-25-17-22(19-31-28(25)36)24-5-4-6-26(32-24)30-18-20-11-13-29-14-12-20/h4-10,17,19-20,29H,1-3,11-16,18H2,(H,30,32)(H,31,36)(H,33,35). The van der Waals surface area contributed by atoms with Crippen molar-refractivity contribution in [2.24, 2.45) is 5.92 Å². The fraction of sp³-hybridized carbons (Fsp3) is 0.393. The number of carbonyl (C=O) groups excluding carboxylic acids is 1. The van der Waals surface area contributed by atoms with Crippen molar-refractivity contribution in [1.82, 2.24) is 15.3 Å². The second-order valence-corrected chi connectivity index (χ2v) is 9.66. The molecule has 2 fully saturated rings. The van der Waals surface area contributed by atoms with Gasteiger partial charge in [0, 0.05) is 42.6 Å². The van der Waals surface area contributed by atoms with Gasteiger partial charge in [0.2, 0.25) is 0 Å². The van der Waals surface area contributed by atoms with E-state index in [-0.39, 0.29) is 17.2 Å². The summed E-state index contributed by atoms with van der Waals surface area (Å²) in [6.07, 6.45) is 7.64. The number of nitrogens with one attached hydrogen (secondary N) is 4. The fourth-order valence-electron chi connectivity index (χ4n) is 4.92. The van der Waals surface area contributed by atoms with E-state index >= 15 is 0 Å². The molecule has 0 bridgehead atoms. The highest BCUT2D eigenvalue weighted by Crippen LogP contribution is 2.22. The van der Waals surface area contributed by atoms with Crippen LogP contribution in [-0.2, 0) is 0 Å². The van der Waals surface area contributed by atoms with Gasteiger partial charge in [0.25, 0.3) is 11.5 Å². The van der Waals surface area contributed by atoms with E-state index in [1.807, 2.05) is 42.5 Å². The highest BCUT2D eigenvalue weighted by atomic mass is 16.2. The van der Waals surface area contributed by atoms with Gasteiger partial charge < -0.3 is 25.8 Å². The third-order valence-electron chi connectivity index (χ3n) is 7.08. The second-order valence-electron chi connectivity index (χ2n) is 9.66. The summed E-state index contributed by atoms with van der Waals surface area (Å²) in [5, 5.41) is 9.61. The number of aromatic nitrogens is 2. The van der Waals surface area contributed by atoms with E-state index in [0.29, 0.717) is 11.5 Å². The van der Waals surface area contributed by atoms with Crippen LogP contribution in [0.3, 0.4) is 0 Å². The van der Waals surface area contributed by atoms with Crippen LogP contribution in [0.2, 0.25) is 0 Å². The molecule has 4 N–H and O–H groups in total. The monoisotopic (exact) mass is 486 g/mol. The number of anilines is 3. The molecule has 2 aliphatic heterocycles. The molecule has 3 aromatic rings. The minimum absolute atomic E-state index is 0.201. The minimum atomic E-state index is -0.350. The Kier molecular flexibility index (Phi) is 7.61. The van der Waals surface area contributed by atoms with E-state index < -0.39 is 0 Å². The molecule has 2 aromatic heterocycles. The molecule has 0 unspecified atom stereocenters. The lowest BCUT2D eigenvalue weighted by Gasteiger charge is -2.28. The molecule has 5 rings (SSSR count). The molecule has 0 radical (unpaired) electrons. The number of benzene rings is 1. The lowest BCUT2D eigenvalue weighted by Crippen LogP contribution is -2.31. The van der Waals surface area contributed by atoms with Gasteiger partial charge in [0.15, 0.2) is 0 Å². The van der Waals surface area contributed by atoms with Crippen molar-refractivity contribution in [3.63, 3.8) is 0 Å². The first-order chi connectivity index (χ1) is 17.7. The molecule has 8 heteroatoms. The first-order valence-electron chi connectivity index (χ1n) is 13.0. The zero-order valence-corrected chi connectivity index (χ0v) is 20.6. The first kappa shape index (κ1) is 24.1. The van der Waals surface area contributed by atoms with Crippen LogP contribution in [-0.4, -0.2) is 48.6 Å². The van der Waals surface area contributed by atoms with Gasteiger partial charge in [0.05, 0.1) is 5.69 Å². The molecular weight excluding hydrogens is 452 g/mol. The molecule has 2 aliphatic rings. The molecule has 1 aromatic carbocycles. The van der Waals surface area contributed by atoms with Gasteiger partial charge in [-0.25, -0.2) is 4.98 Å². The number of pyridine rings is 2. The van der Waals surface area contributed by atoms with Crippen LogP contribution in [0.4, 0.5) is 17.2 Å². The highest BCUT2D eigenvalue weighted by Gasteiger charge is 2.15. The molecule has 2 saturated heterocycles.